The van der Waals surface area contributed by atoms with E-state index in [4.69, 9.17) is 4.74 Å². The number of carbonyl (C=O) groups is 1. The number of fused-ring (bicyclic) bond motifs is 2. The summed E-state index contributed by atoms with van der Waals surface area (Å²) in [5.74, 6) is 0.770. The second-order valence-corrected chi connectivity index (χ2v) is 8.34. The molecule has 0 radical (unpaired) electrons. The van der Waals surface area contributed by atoms with Crippen molar-refractivity contribution in [2.24, 2.45) is 0 Å². The Morgan fingerprint density at radius 1 is 1.03 bits per heavy atom. The number of carbonyl (C=O) groups excluding carboxylic acids is 1. The zero-order valence-corrected chi connectivity index (χ0v) is 17.5. The van der Waals surface area contributed by atoms with Gasteiger partial charge in [-0.3, -0.25) is 9.69 Å². The van der Waals surface area contributed by atoms with Crippen LogP contribution in [0.4, 0.5) is 0 Å². The molecule has 1 aliphatic heterocycles. The van der Waals surface area contributed by atoms with Gasteiger partial charge in [0.15, 0.2) is 6.10 Å². The predicted octanol–water partition coefficient (Wildman–Crippen LogP) is 3.90. The van der Waals surface area contributed by atoms with Gasteiger partial charge in [-0.15, -0.1) is 0 Å². The van der Waals surface area contributed by atoms with Gasteiger partial charge in [0, 0.05) is 26.2 Å². The summed E-state index contributed by atoms with van der Waals surface area (Å²) in [6, 6.07) is 15.0. The molecule has 2 aromatic rings. The molecule has 1 N–H and O–H groups in total. The third kappa shape index (κ3) is 5.18. The van der Waals surface area contributed by atoms with E-state index in [2.05, 4.69) is 46.6 Å². The fraction of sp³-hybridized carbons (Fsp3) is 0.480. The maximum Gasteiger partial charge on any atom is 0.260 e. The Balaban J connectivity index is 1.18. The van der Waals surface area contributed by atoms with E-state index in [1.54, 1.807) is 0 Å². The molecule has 0 saturated carbocycles. The van der Waals surface area contributed by atoms with Crippen LogP contribution in [0.15, 0.2) is 42.5 Å². The van der Waals surface area contributed by atoms with Crippen molar-refractivity contribution in [3.63, 3.8) is 0 Å². The maximum atomic E-state index is 12.4. The van der Waals surface area contributed by atoms with Crippen LogP contribution in [0.3, 0.4) is 0 Å². The van der Waals surface area contributed by atoms with Crippen molar-refractivity contribution in [1.29, 1.82) is 0 Å². The first-order valence-corrected chi connectivity index (χ1v) is 11.0. The topological polar surface area (TPSA) is 41.6 Å². The monoisotopic (exact) mass is 392 g/mol. The van der Waals surface area contributed by atoms with E-state index < -0.39 is 6.10 Å². The zero-order valence-electron chi connectivity index (χ0n) is 17.5. The third-order valence-electron chi connectivity index (χ3n) is 6.16. The van der Waals surface area contributed by atoms with Gasteiger partial charge in [-0.1, -0.05) is 30.3 Å². The molecule has 0 aromatic heterocycles. The molecule has 154 valence electrons. The number of ether oxygens (including phenoxy) is 1. The molecule has 2 aliphatic rings. The van der Waals surface area contributed by atoms with E-state index in [-0.39, 0.29) is 5.91 Å². The number of amides is 1. The molecule has 1 amide bonds. The summed E-state index contributed by atoms with van der Waals surface area (Å²) in [6.07, 6.45) is 6.40. The van der Waals surface area contributed by atoms with Crippen molar-refractivity contribution >= 4 is 5.91 Å². The number of aryl methyl sites for hydroxylation is 2. The Hall–Kier alpha value is -2.33. The maximum absolute atomic E-state index is 12.4. The van der Waals surface area contributed by atoms with Crippen molar-refractivity contribution < 1.29 is 9.53 Å². The van der Waals surface area contributed by atoms with Gasteiger partial charge in [0.25, 0.3) is 5.91 Å². The lowest BCUT2D eigenvalue weighted by Crippen LogP contribution is -2.38. The van der Waals surface area contributed by atoms with Gasteiger partial charge < -0.3 is 10.1 Å². The molecule has 1 aliphatic carbocycles. The molecule has 0 unspecified atom stereocenters. The summed E-state index contributed by atoms with van der Waals surface area (Å²) in [6.45, 7) is 5.64. The average Bonchev–Trinajstić information content (AvgIpc) is 2.76. The zero-order chi connectivity index (χ0) is 20.1. The van der Waals surface area contributed by atoms with Gasteiger partial charge in [-0.05, 0) is 79.8 Å². The van der Waals surface area contributed by atoms with Crippen molar-refractivity contribution in [3.8, 4) is 5.75 Å². The summed E-state index contributed by atoms with van der Waals surface area (Å²) in [7, 11) is 0. The molecule has 0 saturated heterocycles. The van der Waals surface area contributed by atoms with Crippen LogP contribution >= 0.6 is 0 Å². The van der Waals surface area contributed by atoms with Gasteiger partial charge in [-0.25, -0.2) is 0 Å². The normalized spacial score (nSPS) is 17.1. The minimum Gasteiger partial charge on any atom is -0.481 e. The van der Waals surface area contributed by atoms with Crippen LogP contribution in [0.1, 0.15) is 48.4 Å². The smallest absolute Gasteiger partial charge is 0.260 e. The number of benzene rings is 2. The molecular weight excluding hydrogens is 360 g/mol. The van der Waals surface area contributed by atoms with Gasteiger partial charge in [0.2, 0.25) is 0 Å². The first kappa shape index (κ1) is 20.0. The molecule has 4 rings (SSSR count). The van der Waals surface area contributed by atoms with E-state index in [1.165, 1.54) is 35.1 Å². The summed E-state index contributed by atoms with van der Waals surface area (Å²) < 4.78 is 5.91. The van der Waals surface area contributed by atoms with Crippen LogP contribution in [-0.4, -0.2) is 36.5 Å². The van der Waals surface area contributed by atoms with Gasteiger partial charge in [0.05, 0.1) is 0 Å². The van der Waals surface area contributed by atoms with Crippen molar-refractivity contribution in [2.75, 3.05) is 19.6 Å². The Morgan fingerprint density at radius 2 is 1.79 bits per heavy atom. The highest BCUT2D eigenvalue weighted by molar-refractivity contribution is 5.80. The summed E-state index contributed by atoms with van der Waals surface area (Å²) in [5, 5.41) is 3.03. The van der Waals surface area contributed by atoms with E-state index in [9.17, 15) is 4.79 Å². The molecule has 2 aromatic carbocycles. The highest BCUT2D eigenvalue weighted by atomic mass is 16.5. The number of hydrogen-bond acceptors (Lipinski definition) is 3. The van der Waals surface area contributed by atoms with Gasteiger partial charge in [0.1, 0.15) is 5.75 Å². The van der Waals surface area contributed by atoms with Gasteiger partial charge in [-0.2, -0.15) is 0 Å². The van der Waals surface area contributed by atoms with Gasteiger partial charge >= 0.3 is 0 Å². The molecule has 29 heavy (non-hydrogen) atoms. The van der Waals surface area contributed by atoms with Crippen LogP contribution < -0.4 is 10.1 Å². The molecule has 0 spiro atoms. The number of nitrogens with zero attached hydrogens (tertiary/aromatic N) is 1. The molecule has 4 heteroatoms. The van der Waals surface area contributed by atoms with E-state index in [0.29, 0.717) is 6.54 Å². The Bertz CT molecular complexity index is 848. The SMILES string of the molecule is C[C@H](Oc1ccc2c(c1)CCCC2)C(=O)NCCCN1CCc2ccccc2C1. The highest BCUT2D eigenvalue weighted by Crippen LogP contribution is 2.26. The fourth-order valence-corrected chi connectivity index (χ4v) is 4.44. The standard InChI is InChI=1S/C25H32N2O2/c1-19(29-24-12-11-20-7-2-4-9-22(20)17-24)25(28)26-14-6-15-27-16-13-21-8-3-5-10-23(21)18-27/h3,5,8,10-12,17,19H,2,4,6-7,9,13-16,18H2,1H3,(H,26,28)/t19-/m0/s1. The summed E-state index contributed by atoms with van der Waals surface area (Å²) in [4.78, 5) is 14.9. The number of hydrogen-bond donors (Lipinski definition) is 1. The molecule has 4 nitrogen and oxygen atoms in total. The third-order valence-corrected chi connectivity index (χ3v) is 6.16. The number of nitrogens with one attached hydrogen (secondary N) is 1. The second-order valence-electron chi connectivity index (χ2n) is 8.34. The van der Waals surface area contributed by atoms with Crippen molar-refractivity contribution in [3.05, 3.63) is 64.7 Å². The molecule has 1 atom stereocenters. The van der Waals surface area contributed by atoms with Crippen LogP contribution in [0.5, 0.6) is 5.75 Å². The van der Waals surface area contributed by atoms with Crippen LogP contribution in [0, 0.1) is 0 Å². The van der Waals surface area contributed by atoms with Crippen LogP contribution in [-0.2, 0) is 30.6 Å². The van der Waals surface area contributed by atoms with E-state index in [0.717, 1.165) is 51.1 Å². The lowest BCUT2D eigenvalue weighted by molar-refractivity contribution is -0.127. The van der Waals surface area contributed by atoms with Crippen LogP contribution in [0.25, 0.3) is 0 Å². The fourth-order valence-electron chi connectivity index (χ4n) is 4.44. The Kier molecular flexibility index (Phi) is 6.50. The number of rotatable bonds is 7. The predicted molar refractivity (Wildman–Crippen MR) is 116 cm³/mol. The second kappa shape index (κ2) is 9.45. The largest absolute Gasteiger partial charge is 0.481 e. The Morgan fingerprint density at radius 3 is 2.66 bits per heavy atom. The quantitative estimate of drug-likeness (QED) is 0.727. The minimum absolute atomic E-state index is 0.0355. The molecule has 1 heterocycles. The molecule has 0 fully saturated rings. The van der Waals surface area contributed by atoms with E-state index >= 15 is 0 Å². The lowest BCUT2D eigenvalue weighted by atomic mass is 9.92. The minimum atomic E-state index is -0.474. The average molecular weight is 393 g/mol. The molecule has 0 bridgehead atoms. The molecular formula is C25H32N2O2. The Labute approximate surface area is 174 Å². The first-order chi connectivity index (χ1) is 14.2. The first-order valence-electron chi connectivity index (χ1n) is 11.0. The lowest BCUT2D eigenvalue weighted by Gasteiger charge is -2.28. The van der Waals surface area contributed by atoms with Crippen molar-refractivity contribution in [1.82, 2.24) is 10.2 Å². The van der Waals surface area contributed by atoms with Crippen molar-refractivity contribution in [2.45, 2.75) is 58.1 Å². The summed E-state index contributed by atoms with van der Waals surface area (Å²) in [5.41, 5.74) is 5.73. The summed E-state index contributed by atoms with van der Waals surface area (Å²) >= 11 is 0. The van der Waals surface area contributed by atoms with E-state index in [1.807, 2.05) is 13.0 Å². The van der Waals surface area contributed by atoms with Crippen LogP contribution in [0.2, 0.25) is 0 Å². The highest BCUT2D eigenvalue weighted by Gasteiger charge is 2.17.